The Morgan fingerprint density at radius 1 is 1.09 bits per heavy atom. The van der Waals surface area contributed by atoms with E-state index in [-0.39, 0.29) is 17.7 Å². The Bertz CT molecular complexity index is 952. The van der Waals surface area contributed by atoms with Gasteiger partial charge in [0.1, 0.15) is 17.5 Å². The van der Waals surface area contributed by atoms with Crippen molar-refractivity contribution in [2.75, 3.05) is 38.8 Å². The van der Waals surface area contributed by atoms with Crippen LogP contribution in [-0.4, -0.2) is 56.6 Å². The van der Waals surface area contributed by atoms with Gasteiger partial charge in [-0.25, -0.2) is 0 Å². The summed E-state index contributed by atoms with van der Waals surface area (Å²) in [4.78, 5) is 31.1. The number of nitrogens with one attached hydrogen (secondary N) is 1. The maximum Gasteiger partial charge on any atom is 0.249 e. The lowest BCUT2D eigenvalue weighted by Crippen LogP contribution is -2.46. The van der Waals surface area contributed by atoms with Crippen molar-refractivity contribution >= 4 is 40.4 Å². The van der Waals surface area contributed by atoms with E-state index in [1.165, 1.54) is 4.88 Å². The molecule has 0 spiro atoms. The highest BCUT2D eigenvalue weighted by atomic mass is 35.5. The van der Waals surface area contributed by atoms with E-state index in [2.05, 4.69) is 16.3 Å². The lowest BCUT2D eigenvalue weighted by atomic mass is 9.95. The average Bonchev–Trinajstić information content (AvgIpc) is 3.38. The number of methoxy groups -OCH3 is 2. The molecule has 1 atom stereocenters. The number of halogens is 1. The van der Waals surface area contributed by atoms with Gasteiger partial charge >= 0.3 is 0 Å². The van der Waals surface area contributed by atoms with Crippen molar-refractivity contribution in [1.29, 1.82) is 0 Å². The third-order valence-corrected chi connectivity index (χ3v) is 7.35. The number of carbonyl (C=O) groups excluding carboxylic acids is 2. The predicted molar refractivity (Wildman–Crippen MR) is 126 cm³/mol. The number of hydrogen-bond acceptors (Lipinski definition) is 6. The van der Waals surface area contributed by atoms with E-state index in [4.69, 9.17) is 21.1 Å². The molecule has 1 N–H and O–H groups in total. The smallest absolute Gasteiger partial charge is 0.249 e. The molecule has 3 heterocycles. The van der Waals surface area contributed by atoms with Crippen molar-refractivity contribution in [2.45, 2.75) is 31.8 Å². The number of amides is 2. The van der Waals surface area contributed by atoms with E-state index in [1.807, 2.05) is 6.07 Å². The first-order valence-corrected chi connectivity index (χ1v) is 12.0. The first-order valence-electron chi connectivity index (χ1n) is 10.8. The van der Waals surface area contributed by atoms with E-state index < -0.39 is 6.04 Å². The standard InChI is InChI=1S/C23H28ClN3O4S/c1-30-17-11-16(12-18(13-17)31-2)27-10-7-20(23(27)29)25-22(28)15-5-8-26(9-6-15)14-19-3-4-21(24)32-19/h3-4,11-13,15,20H,5-10,14H2,1-2H3,(H,25,28). The second-order valence-electron chi connectivity index (χ2n) is 8.17. The highest BCUT2D eigenvalue weighted by Crippen LogP contribution is 2.31. The minimum atomic E-state index is -0.494. The highest BCUT2D eigenvalue weighted by Gasteiger charge is 2.36. The van der Waals surface area contributed by atoms with Gasteiger partial charge in [-0.3, -0.25) is 14.5 Å². The van der Waals surface area contributed by atoms with Crippen LogP contribution in [0.3, 0.4) is 0 Å². The Morgan fingerprint density at radius 2 is 1.78 bits per heavy atom. The molecule has 0 bridgehead atoms. The number of anilines is 1. The van der Waals surface area contributed by atoms with Crippen LogP contribution in [0.1, 0.15) is 24.1 Å². The Labute approximate surface area is 197 Å². The molecule has 1 aromatic heterocycles. The molecule has 2 saturated heterocycles. The van der Waals surface area contributed by atoms with Crippen molar-refractivity contribution in [3.8, 4) is 11.5 Å². The zero-order valence-corrected chi connectivity index (χ0v) is 19.9. The second kappa shape index (κ2) is 10.1. The molecular weight excluding hydrogens is 450 g/mol. The molecule has 2 aromatic rings. The summed E-state index contributed by atoms with van der Waals surface area (Å²) in [5.41, 5.74) is 0.713. The number of likely N-dealkylation sites (tertiary alicyclic amines) is 1. The minimum absolute atomic E-state index is 0.0211. The fraction of sp³-hybridized carbons (Fsp3) is 0.478. The Balaban J connectivity index is 1.30. The van der Waals surface area contributed by atoms with Gasteiger partial charge in [0.2, 0.25) is 11.8 Å². The van der Waals surface area contributed by atoms with Gasteiger partial charge in [0.25, 0.3) is 0 Å². The summed E-state index contributed by atoms with van der Waals surface area (Å²) < 4.78 is 11.4. The Hall–Kier alpha value is -2.29. The van der Waals surface area contributed by atoms with Crippen molar-refractivity contribution in [1.82, 2.24) is 10.2 Å². The molecule has 1 aromatic carbocycles. The molecule has 0 radical (unpaired) electrons. The minimum Gasteiger partial charge on any atom is -0.497 e. The van der Waals surface area contributed by atoms with Crippen LogP contribution < -0.4 is 19.7 Å². The number of piperidine rings is 1. The molecule has 2 aliphatic rings. The number of thiophene rings is 1. The van der Waals surface area contributed by atoms with Crippen LogP contribution >= 0.6 is 22.9 Å². The van der Waals surface area contributed by atoms with E-state index in [1.54, 1.807) is 48.7 Å². The number of benzene rings is 1. The molecule has 9 heteroatoms. The van der Waals surface area contributed by atoms with Crippen LogP contribution in [0, 0.1) is 5.92 Å². The fourth-order valence-electron chi connectivity index (χ4n) is 4.32. The summed E-state index contributed by atoms with van der Waals surface area (Å²) in [7, 11) is 3.16. The third kappa shape index (κ3) is 5.19. The van der Waals surface area contributed by atoms with Crippen molar-refractivity contribution < 1.29 is 19.1 Å². The Morgan fingerprint density at radius 3 is 2.38 bits per heavy atom. The van der Waals surface area contributed by atoms with Gasteiger partial charge in [-0.2, -0.15) is 0 Å². The summed E-state index contributed by atoms with van der Waals surface area (Å²) in [6.45, 7) is 3.14. The van der Waals surface area contributed by atoms with E-state index in [0.29, 0.717) is 30.2 Å². The summed E-state index contributed by atoms with van der Waals surface area (Å²) in [6.07, 6.45) is 2.17. The van der Waals surface area contributed by atoms with E-state index in [9.17, 15) is 9.59 Å². The number of nitrogens with zero attached hydrogens (tertiary/aromatic N) is 2. The molecule has 7 nitrogen and oxygen atoms in total. The number of hydrogen-bond donors (Lipinski definition) is 1. The summed E-state index contributed by atoms with van der Waals surface area (Å²) in [6, 6.07) is 8.86. The van der Waals surface area contributed by atoms with Crippen LogP contribution in [0.25, 0.3) is 0 Å². The molecule has 2 amide bonds. The summed E-state index contributed by atoms with van der Waals surface area (Å²) in [5.74, 6) is 1.07. The first kappa shape index (κ1) is 22.9. The molecule has 2 fully saturated rings. The maximum absolute atomic E-state index is 13.0. The fourth-order valence-corrected chi connectivity index (χ4v) is 5.45. The van der Waals surface area contributed by atoms with Crippen molar-refractivity contribution in [3.63, 3.8) is 0 Å². The zero-order chi connectivity index (χ0) is 22.7. The van der Waals surface area contributed by atoms with Gasteiger partial charge in [-0.15, -0.1) is 11.3 Å². The molecule has 1 unspecified atom stereocenters. The van der Waals surface area contributed by atoms with E-state index in [0.717, 1.165) is 36.8 Å². The maximum atomic E-state index is 13.0. The van der Waals surface area contributed by atoms with Gasteiger partial charge in [0.05, 0.1) is 24.2 Å². The molecule has 0 saturated carbocycles. The topological polar surface area (TPSA) is 71.1 Å². The molecule has 32 heavy (non-hydrogen) atoms. The normalized spacial score (nSPS) is 19.9. The Kier molecular flexibility index (Phi) is 7.23. The second-order valence-corrected chi connectivity index (χ2v) is 9.97. The molecule has 0 aliphatic carbocycles. The van der Waals surface area contributed by atoms with Crippen LogP contribution in [0.15, 0.2) is 30.3 Å². The molecule has 2 aliphatic heterocycles. The van der Waals surface area contributed by atoms with Crippen molar-refractivity contribution in [3.05, 3.63) is 39.5 Å². The van der Waals surface area contributed by atoms with Gasteiger partial charge in [-0.05, 0) is 44.5 Å². The monoisotopic (exact) mass is 477 g/mol. The van der Waals surface area contributed by atoms with Gasteiger partial charge < -0.3 is 19.7 Å². The summed E-state index contributed by atoms with van der Waals surface area (Å²) in [5, 5.41) is 3.00. The van der Waals surface area contributed by atoms with Crippen LogP contribution in [0.5, 0.6) is 11.5 Å². The lowest BCUT2D eigenvalue weighted by Gasteiger charge is -2.31. The SMILES string of the molecule is COc1cc(OC)cc(N2CCC(NC(=O)C3CCN(Cc4ccc(Cl)s4)CC3)C2=O)c1. The van der Waals surface area contributed by atoms with Crippen LogP contribution in [0.4, 0.5) is 5.69 Å². The van der Waals surface area contributed by atoms with E-state index >= 15 is 0 Å². The van der Waals surface area contributed by atoms with Gasteiger partial charge in [0.15, 0.2) is 0 Å². The molecule has 4 rings (SSSR count). The van der Waals surface area contributed by atoms with Crippen LogP contribution in [-0.2, 0) is 16.1 Å². The quantitative estimate of drug-likeness (QED) is 0.660. The lowest BCUT2D eigenvalue weighted by molar-refractivity contribution is -0.130. The highest BCUT2D eigenvalue weighted by molar-refractivity contribution is 7.16. The van der Waals surface area contributed by atoms with Gasteiger partial charge in [0, 0.05) is 42.1 Å². The predicted octanol–water partition coefficient (Wildman–Crippen LogP) is 3.55. The third-order valence-electron chi connectivity index (χ3n) is 6.14. The molecular formula is C23H28ClN3O4S. The number of ether oxygens (including phenoxy) is 2. The largest absolute Gasteiger partial charge is 0.497 e. The van der Waals surface area contributed by atoms with Crippen LogP contribution in [0.2, 0.25) is 4.34 Å². The first-order chi connectivity index (χ1) is 15.5. The van der Waals surface area contributed by atoms with Gasteiger partial charge in [-0.1, -0.05) is 11.6 Å². The molecule has 172 valence electrons. The average molecular weight is 478 g/mol. The summed E-state index contributed by atoms with van der Waals surface area (Å²) >= 11 is 7.62. The number of carbonyl (C=O) groups is 2. The number of rotatable bonds is 7. The van der Waals surface area contributed by atoms with Crippen molar-refractivity contribution in [2.24, 2.45) is 5.92 Å². The zero-order valence-electron chi connectivity index (χ0n) is 18.3.